The smallest absolute Gasteiger partial charge is 0.118 e. The third kappa shape index (κ3) is 4.26. The number of methoxy groups -OCH3 is 1. The number of para-hydroxylation sites is 1. The lowest BCUT2D eigenvalue weighted by Crippen LogP contribution is -2.00. The van der Waals surface area contributed by atoms with E-state index in [1.165, 1.54) is 11.1 Å². The summed E-state index contributed by atoms with van der Waals surface area (Å²) in [5.41, 5.74) is 4.72. The fourth-order valence-electron chi connectivity index (χ4n) is 2.50. The number of hydrogen-bond donors (Lipinski definition) is 1. The fourth-order valence-corrected chi connectivity index (χ4v) is 2.50. The van der Waals surface area contributed by atoms with Gasteiger partial charge in [0, 0.05) is 12.2 Å². The Bertz CT molecular complexity index is 792. The summed E-state index contributed by atoms with van der Waals surface area (Å²) in [6, 6.07) is 26.8. The van der Waals surface area contributed by atoms with Crippen LogP contribution in [0.1, 0.15) is 16.7 Å². The molecule has 24 heavy (non-hydrogen) atoms. The van der Waals surface area contributed by atoms with Crippen LogP contribution >= 0.6 is 0 Å². The Hall–Kier alpha value is -3.00. The molecule has 0 aliphatic heterocycles. The minimum atomic E-state index is 0.814. The molecule has 0 saturated heterocycles. The van der Waals surface area contributed by atoms with Crippen LogP contribution in [0.2, 0.25) is 0 Å². The third-order valence-electron chi connectivity index (χ3n) is 3.86. The molecule has 0 saturated carbocycles. The summed E-state index contributed by atoms with van der Waals surface area (Å²) in [4.78, 5) is 0. The molecule has 2 heteroatoms. The van der Waals surface area contributed by atoms with Crippen LogP contribution in [0.25, 0.3) is 12.2 Å². The predicted octanol–water partition coefficient (Wildman–Crippen LogP) is 5.48. The van der Waals surface area contributed by atoms with E-state index in [0.717, 1.165) is 23.5 Å². The van der Waals surface area contributed by atoms with E-state index in [0.29, 0.717) is 0 Å². The van der Waals surface area contributed by atoms with E-state index >= 15 is 0 Å². The van der Waals surface area contributed by atoms with Crippen molar-refractivity contribution < 1.29 is 4.74 Å². The number of ether oxygens (including phenoxy) is 1. The number of anilines is 1. The van der Waals surface area contributed by atoms with Gasteiger partial charge in [-0.15, -0.1) is 0 Å². The molecule has 120 valence electrons. The molecule has 2 nitrogen and oxygen atoms in total. The Morgan fingerprint density at radius 3 is 2.25 bits per heavy atom. The maximum absolute atomic E-state index is 5.19. The van der Waals surface area contributed by atoms with E-state index in [1.807, 2.05) is 18.2 Å². The van der Waals surface area contributed by atoms with Gasteiger partial charge >= 0.3 is 0 Å². The van der Waals surface area contributed by atoms with Gasteiger partial charge in [0.1, 0.15) is 5.75 Å². The van der Waals surface area contributed by atoms with Gasteiger partial charge in [0.05, 0.1) is 7.11 Å². The van der Waals surface area contributed by atoms with Gasteiger partial charge < -0.3 is 10.1 Å². The van der Waals surface area contributed by atoms with E-state index in [9.17, 15) is 0 Å². The van der Waals surface area contributed by atoms with E-state index in [4.69, 9.17) is 4.74 Å². The normalized spacial score (nSPS) is 10.7. The second kappa shape index (κ2) is 8.02. The summed E-state index contributed by atoms with van der Waals surface area (Å²) in [5, 5.41) is 3.51. The number of hydrogen-bond acceptors (Lipinski definition) is 2. The Kier molecular flexibility index (Phi) is 5.31. The first-order valence-corrected chi connectivity index (χ1v) is 8.04. The molecular formula is C22H21NO. The average molecular weight is 315 g/mol. The number of rotatable bonds is 6. The van der Waals surface area contributed by atoms with Crippen molar-refractivity contribution in [2.24, 2.45) is 0 Å². The maximum Gasteiger partial charge on any atom is 0.118 e. The Balaban J connectivity index is 1.72. The Morgan fingerprint density at radius 1 is 0.792 bits per heavy atom. The SMILES string of the molecule is COc1ccc(/C=C/c2ccccc2NCc2ccccc2)cc1. The lowest BCUT2D eigenvalue weighted by Gasteiger charge is -2.10. The maximum atomic E-state index is 5.19. The largest absolute Gasteiger partial charge is 0.497 e. The number of benzene rings is 3. The molecule has 0 fully saturated rings. The van der Waals surface area contributed by atoms with Crippen LogP contribution in [0.3, 0.4) is 0 Å². The van der Waals surface area contributed by atoms with Crippen LogP contribution < -0.4 is 10.1 Å². The second-order valence-corrected chi connectivity index (χ2v) is 5.53. The first-order valence-electron chi connectivity index (χ1n) is 8.04. The molecule has 0 radical (unpaired) electrons. The monoisotopic (exact) mass is 315 g/mol. The highest BCUT2D eigenvalue weighted by molar-refractivity contribution is 5.76. The summed E-state index contributed by atoms with van der Waals surface area (Å²) in [6.07, 6.45) is 4.25. The van der Waals surface area contributed by atoms with Gasteiger partial charge in [-0.2, -0.15) is 0 Å². The van der Waals surface area contributed by atoms with Gasteiger partial charge in [-0.25, -0.2) is 0 Å². The van der Waals surface area contributed by atoms with Crippen LogP contribution in [0.15, 0.2) is 78.9 Å². The summed E-state index contributed by atoms with van der Waals surface area (Å²) in [7, 11) is 1.68. The standard InChI is InChI=1S/C22H21NO/c1-24-21-15-12-18(13-16-21)11-14-20-9-5-6-10-22(20)23-17-19-7-3-2-4-8-19/h2-16,23H,17H2,1H3/b14-11+. The van der Waals surface area contributed by atoms with Crippen LogP contribution in [-0.2, 0) is 6.54 Å². The van der Waals surface area contributed by atoms with Crippen molar-refractivity contribution in [1.82, 2.24) is 0 Å². The van der Waals surface area contributed by atoms with E-state index in [2.05, 4.69) is 78.1 Å². The van der Waals surface area contributed by atoms with Crippen molar-refractivity contribution in [3.63, 3.8) is 0 Å². The third-order valence-corrected chi connectivity index (χ3v) is 3.86. The molecule has 3 aromatic rings. The molecule has 1 N–H and O–H groups in total. The molecule has 0 aliphatic carbocycles. The van der Waals surface area contributed by atoms with Gasteiger partial charge in [0.15, 0.2) is 0 Å². The Morgan fingerprint density at radius 2 is 1.50 bits per heavy atom. The van der Waals surface area contributed by atoms with Crippen molar-refractivity contribution in [3.05, 3.63) is 95.6 Å². The highest BCUT2D eigenvalue weighted by atomic mass is 16.5. The Labute approximate surface area is 143 Å². The molecule has 0 heterocycles. The molecule has 0 atom stereocenters. The predicted molar refractivity (Wildman–Crippen MR) is 102 cm³/mol. The zero-order valence-corrected chi connectivity index (χ0v) is 13.8. The lowest BCUT2D eigenvalue weighted by molar-refractivity contribution is 0.415. The summed E-state index contributed by atoms with van der Waals surface area (Å²) in [6.45, 7) is 0.814. The highest BCUT2D eigenvalue weighted by Crippen LogP contribution is 2.20. The summed E-state index contributed by atoms with van der Waals surface area (Å²) >= 11 is 0. The van der Waals surface area contributed by atoms with E-state index in [-0.39, 0.29) is 0 Å². The van der Waals surface area contributed by atoms with Crippen LogP contribution in [0.5, 0.6) is 5.75 Å². The van der Waals surface area contributed by atoms with Crippen LogP contribution in [-0.4, -0.2) is 7.11 Å². The van der Waals surface area contributed by atoms with Crippen molar-refractivity contribution in [1.29, 1.82) is 0 Å². The first kappa shape index (κ1) is 15.9. The quantitative estimate of drug-likeness (QED) is 0.608. The average Bonchev–Trinajstić information content (AvgIpc) is 2.66. The zero-order chi connectivity index (χ0) is 16.6. The topological polar surface area (TPSA) is 21.3 Å². The minimum Gasteiger partial charge on any atom is -0.497 e. The van der Waals surface area contributed by atoms with Gasteiger partial charge in [-0.3, -0.25) is 0 Å². The molecule has 0 bridgehead atoms. The minimum absolute atomic E-state index is 0.814. The van der Waals surface area contributed by atoms with Crippen molar-refractivity contribution >= 4 is 17.8 Å². The summed E-state index contributed by atoms with van der Waals surface area (Å²) < 4.78 is 5.19. The van der Waals surface area contributed by atoms with Crippen LogP contribution in [0, 0.1) is 0 Å². The zero-order valence-electron chi connectivity index (χ0n) is 13.8. The summed E-state index contributed by atoms with van der Waals surface area (Å²) in [5.74, 6) is 0.872. The molecule has 0 aromatic heterocycles. The molecule has 0 unspecified atom stereocenters. The molecule has 0 amide bonds. The molecule has 0 aliphatic rings. The van der Waals surface area contributed by atoms with Crippen molar-refractivity contribution in [2.75, 3.05) is 12.4 Å². The van der Waals surface area contributed by atoms with Crippen LogP contribution in [0.4, 0.5) is 5.69 Å². The van der Waals surface area contributed by atoms with E-state index in [1.54, 1.807) is 7.11 Å². The van der Waals surface area contributed by atoms with Gasteiger partial charge in [0.2, 0.25) is 0 Å². The van der Waals surface area contributed by atoms with Crippen molar-refractivity contribution in [2.45, 2.75) is 6.54 Å². The van der Waals surface area contributed by atoms with Gasteiger partial charge in [-0.1, -0.05) is 72.8 Å². The van der Waals surface area contributed by atoms with Gasteiger partial charge in [-0.05, 0) is 34.9 Å². The second-order valence-electron chi connectivity index (χ2n) is 5.53. The number of nitrogens with one attached hydrogen (secondary N) is 1. The first-order chi connectivity index (χ1) is 11.8. The van der Waals surface area contributed by atoms with Gasteiger partial charge in [0.25, 0.3) is 0 Å². The molecule has 0 spiro atoms. The van der Waals surface area contributed by atoms with Crippen molar-refractivity contribution in [3.8, 4) is 5.75 Å². The molecular weight excluding hydrogens is 294 g/mol. The van der Waals surface area contributed by atoms with E-state index < -0.39 is 0 Å². The fraction of sp³-hybridized carbons (Fsp3) is 0.0909. The highest BCUT2D eigenvalue weighted by Gasteiger charge is 1.99. The molecule has 3 rings (SSSR count). The lowest BCUT2D eigenvalue weighted by atomic mass is 10.1. The molecule has 3 aromatic carbocycles.